The zero-order chi connectivity index (χ0) is 14.0. The molecular formula is C11H13ClN4O2S. The molecule has 2 heterocycles. The molecule has 0 atom stereocenters. The molecule has 0 bridgehead atoms. The quantitative estimate of drug-likeness (QED) is 0.847. The number of aryl methyl sites for hydroxylation is 2. The summed E-state index contributed by atoms with van der Waals surface area (Å²) in [7, 11) is -3.68. The molecule has 0 aliphatic carbocycles. The second-order valence-electron chi connectivity index (χ2n) is 3.98. The Hall–Kier alpha value is -1.60. The van der Waals surface area contributed by atoms with Gasteiger partial charge in [-0.2, -0.15) is 8.42 Å². The van der Waals surface area contributed by atoms with E-state index in [4.69, 9.17) is 11.6 Å². The van der Waals surface area contributed by atoms with Crippen molar-refractivity contribution >= 4 is 27.3 Å². The minimum absolute atomic E-state index is 0.0250. The van der Waals surface area contributed by atoms with Gasteiger partial charge in [0.2, 0.25) is 0 Å². The number of aromatic nitrogens is 3. The lowest BCUT2D eigenvalue weighted by Gasteiger charge is -2.07. The standard InChI is InChI=1S/C11H13ClN4O2S/c1-3-9-13-6-10(15-9)19(17,18)16-8-4-7(2)11(12)14-5-8/h4-6,16H,3H2,1-2H3,(H,13,15). The predicted octanol–water partition coefficient (Wildman–Crippen LogP) is 2.13. The maximum atomic E-state index is 12.1. The summed E-state index contributed by atoms with van der Waals surface area (Å²) in [6, 6.07) is 1.62. The molecule has 0 saturated carbocycles. The fraction of sp³-hybridized carbons (Fsp3) is 0.273. The number of hydrogen-bond acceptors (Lipinski definition) is 4. The summed E-state index contributed by atoms with van der Waals surface area (Å²) in [5.74, 6) is 0.616. The summed E-state index contributed by atoms with van der Waals surface area (Å²) in [6.07, 6.45) is 3.29. The highest BCUT2D eigenvalue weighted by molar-refractivity contribution is 7.92. The van der Waals surface area contributed by atoms with E-state index in [2.05, 4.69) is 19.7 Å². The molecule has 0 amide bonds. The van der Waals surface area contributed by atoms with Crippen LogP contribution in [-0.2, 0) is 16.4 Å². The van der Waals surface area contributed by atoms with Gasteiger partial charge >= 0.3 is 0 Å². The Morgan fingerprint density at radius 1 is 1.37 bits per heavy atom. The summed E-state index contributed by atoms with van der Waals surface area (Å²) in [5, 5.41) is 0.370. The number of rotatable bonds is 4. The first kappa shape index (κ1) is 13.8. The van der Waals surface area contributed by atoms with Crippen molar-refractivity contribution < 1.29 is 8.42 Å². The van der Waals surface area contributed by atoms with Gasteiger partial charge in [-0.15, -0.1) is 0 Å². The molecule has 0 fully saturated rings. The van der Waals surface area contributed by atoms with Crippen molar-refractivity contribution in [3.63, 3.8) is 0 Å². The average Bonchev–Trinajstić information content (AvgIpc) is 2.83. The molecular weight excluding hydrogens is 288 g/mol. The Kier molecular flexibility index (Phi) is 3.77. The van der Waals surface area contributed by atoms with Crippen LogP contribution < -0.4 is 4.72 Å². The SMILES string of the molecule is CCc1ncc(S(=O)(=O)Nc2cnc(Cl)c(C)c2)[nH]1. The lowest BCUT2D eigenvalue weighted by Crippen LogP contribution is -2.13. The van der Waals surface area contributed by atoms with Gasteiger partial charge in [-0.25, -0.2) is 9.97 Å². The highest BCUT2D eigenvalue weighted by Gasteiger charge is 2.17. The molecule has 2 N–H and O–H groups in total. The summed E-state index contributed by atoms with van der Waals surface area (Å²) < 4.78 is 26.6. The van der Waals surface area contributed by atoms with Crippen LogP contribution in [0, 0.1) is 6.92 Å². The Morgan fingerprint density at radius 2 is 2.11 bits per heavy atom. The van der Waals surface area contributed by atoms with Crippen LogP contribution in [-0.4, -0.2) is 23.4 Å². The van der Waals surface area contributed by atoms with E-state index < -0.39 is 10.0 Å². The molecule has 2 aromatic rings. The van der Waals surface area contributed by atoms with Crippen LogP contribution in [0.2, 0.25) is 5.15 Å². The first-order valence-electron chi connectivity index (χ1n) is 5.61. The molecule has 2 rings (SSSR count). The number of aromatic amines is 1. The first-order valence-corrected chi connectivity index (χ1v) is 7.47. The zero-order valence-electron chi connectivity index (χ0n) is 10.4. The number of nitrogens with zero attached hydrogens (tertiary/aromatic N) is 2. The van der Waals surface area contributed by atoms with E-state index in [-0.39, 0.29) is 5.03 Å². The van der Waals surface area contributed by atoms with Gasteiger partial charge < -0.3 is 4.98 Å². The van der Waals surface area contributed by atoms with E-state index in [1.807, 2.05) is 6.92 Å². The van der Waals surface area contributed by atoms with Crippen molar-refractivity contribution in [1.29, 1.82) is 0 Å². The highest BCUT2D eigenvalue weighted by atomic mass is 35.5. The molecule has 0 radical (unpaired) electrons. The number of imidazole rings is 1. The van der Waals surface area contributed by atoms with Crippen LogP contribution >= 0.6 is 11.6 Å². The molecule has 0 unspecified atom stereocenters. The lowest BCUT2D eigenvalue weighted by atomic mass is 10.3. The molecule has 0 aromatic carbocycles. The zero-order valence-corrected chi connectivity index (χ0v) is 12.0. The lowest BCUT2D eigenvalue weighted by molar-refractivity contribution is 0.598. The van der Waals surface area contributed by atoms with E-state index in [1.54, 1.807) is 13.0 Å². The smallest absolute Gasteiger partial charge is 0.279 e. The third kappa shape index (κ3) is 3.05. The summed E-state index contributed by atoms with van der Waals surface area (Å²) in [5.41, 5.74) is 1.05. The Labute approximate surface area is 116 Å². The molecule has 0 aliphatic rings. The fourth-order valence-corrected chi connectivity index (χ4v) is 2.56. The third-order valence-electron chi connectivity index (χ3n) is 2.50. The second-order valence-corrected chi connectivity index (χ2v) is 5.99. The molecule has 19 heavy (non-hydrogen) atoms. The van der Waals surface area contributed by atoms with Crippen molar-refractivity contribution in [3.8, 4) is 0 Å². The van der Waals surface area contributed by atoms with Gasteiger partial charge in [0.1, 0.15) is 11.0 Å². The van der Waals surface area contributed by atoms with E-state index in [0.717, 1.165) is 0 Å². The van der Waals surface area contributed by atoms with Gasteiger partial charge in [0.05, 0.1) is 18.1 Å². The Balaban J connectivity index is 2.28. The van der Waals surface area contributed by atoms with Gasteiger partial charge in [0.15, 0.2) is 5.03 Å². The normalized spacial score (nSPS) is 11.5. The average molecular weight is 301 g/mol. The topological polar surface area (TPSA) is 87.7 Å². The molecule has 0 spiro atoms. The number of nitrogens with one attached hydrogen (secondary N) is 2. The van der Waals surface area contributed by atoms with Gasteiger partial charge in [0.25, 0.3) is 10.0 Å². The molecule has 0 aliphatic heterocycles. The molecule has 0 saturated heterocycles. The Bertz CT molecular complexity index is 696. The van der Waals surface area contributed by atoms with Crippen LogP contribution in [0.4, 0.5) is 5.69 Å². The van der Waals surface area contributed by atoms with Crippen LogP contribution in [0.3, 0.4) is 0 Å². The fourth-order valence-electron chi connectivity index (χ4n) is 1.48. The van der Waals surface area contributed by atoms with Gasteiger partial charge in [-0.05, 0) is 18.6 Å². The number of sulfonamides is 1. The molecule has 2 aromatic heterocycles. The third-order valence-corrected chi connectivity index (χ3v) is 4.18. The van der Waals surface area contributed by atoms with Crippen molar-refractivity contribution in [2.45, 2.75) is 25.3 Å². The molecule has 6 nitrogen and oxygen atoms in total. The summed E-state index contributed by atoms with van der Waals surface area (Å²) in [4.78, 5) is 10.6. The summed E-state index contributed by atoms with van der Waals surface area (Å²) in [6.45, 7) is 3.63. The van der Waals surface area contributed by atoms with Crippen molar-refractivity contribution in [3.05, 3.63) is 35.0 Å². The van der Waals surface area contributed by atoms with E-state index >= 15 is 0 Å². The number of anilines is 1. The first-order chi connectivity index (χ1) is 8.92. The molecule has 102 valence electrons. The van der Waals surface area contributed by atoms with E-state index in [9.17, 15) is 8.42 Å². The number of pyridine rings is 1. The van der Waals surface area contributed by atoms with Crippen LogP contribution in [0.25, 0.3) is 0 Å². The minimum atomic E-state index is -3.68. The molecule has 8 heteroatoms. The van der Waals surface area contributed by atoms with Crippen LogP contribution in [0.5, 0.6) is 0 Å². The van der Waals surface area contributed by atoms with Crippen molar-refractivity contribution in [2.75, 3.05) is 4.72 Å². The maximum absolute atomic E-state index is 12.1. The minimum Gasteiger partial charge on any atom is -0.332 e. The Morgan fingerprint density at radius 3 is 2.68 bits per heavy atom. The van der Waals surface area contributed by atoms with Crippen LogP contribution in [0.15, 0.2) is 23.5 Å². The van der Waals surface area contributed by atoms with Crippen molar-refractivity contribution in [2.24, 2.45) is 0 Å². The van der Waals surface area contributed by atoms with E-state index in [1.165, 1.54) is 12.4 Å². The number of hydrogen-bond donors (Lipinski definition) is 2. The van der Waals surface area contributed by atoms with Gasteiger partial charge in [-0.1, -0.05) is 18.5 Å². The monoisotopic (exact) mass is 300 g/mol. The second kappa shape index (κ2) is 5.18. The highest BCUT2D eigenvalue weighted by Crippen LogP contribution is 2.19. The maximum Gasteiger partial charge on any atom is 0.279 e. The van der Waals surface area contributed by atoms with Gasteiger partial charge in [-0.3, -0.25) is 4.72 Å². The van der Waals surface area contributed by atoms with Crippen LogP contribution in [0.1, 0.15) is 18.3 Å². The number of halogens is 1. The summed E-state index contributed by atoms with van der Waals surface area (Å²) >= 11 is 5.79. The van der Waals surface area contributed by atoms with E-state index in [0.29, 0.717) is 28.6 Å². The largest absolute Gasteiger partial charge is 0.332 e. The van der Waals surface area contributed by atoms with Gasteiger partial charge in [0, 0.05) is 6.42 Å². The number of H-pyrrole nitrogens is 1. The van der Waals surface area contributed by atoms with Crippen molar-refractivity contribution in [1.82, 2.24) is 15.0 Å². The predicted molar refractivity (Wildman–Crippen MR) is 72.8 cm³/mol.